The summed E-state index contributed by atoms with van der Waals surface area (Å²) < 4.78 is 11.4. The second-order valence-electron chi connectivity index (χ2n) is 7.58. The fraction of sp³-hybridized carbons (Fsp3) is 0.107. The molecule has 0 fully saturated rings. The molecule has 0 saturated carbocycles. The van der Waals surface area contributed by atoms with Crippen molar-refractivity contribution in [3.05, 3.63) is 102 Å². The van der Waals surface area contributed by atoms with Crippen molar-refractivity contribution in [1.82, 2.24) is 5.43 Å². The third kappa shape index (κ3) is 6.23. The van der Waals surface area contributed by atoms with Crippen molar-refractivity contribution >= 4 is 34.5 Å². The molecular weight excluding hydrogens is 442 g/mol. The molecule has 0 unspecified atom stereocenters. The van der Waals surface area contributed by atoms with Gasteiger partial charge in [0.1, 0.15) is 18.1 Å². The van der Waals surface area contributed by atoms with E-state index in [4.69, 9.17) is 9.47 Å². The Kier molecular flexibility index (Phi) is 7.70. The maximum atomic E-state index is 12.2. The van der Waals surface area contributed by atoms with Crippen molar-refractivity contribution in [2.24, 2.45) is 5.10 Å². The Hall–Kier alpha value is -4.65. The van der Waals surface area contributed by atoms with Crippen molar-refractivity contribution in [3.8, 4) is 11.5 Å². The summed E-state index contributed by atoms with van der Waals surface area (Å²) in [6.45, 7) is 2.69. The summed E-state index contributed by atoms with van der Waals surface area (Å²) in [5.74, 6) is -0.587. The maximum Gasteiger partial charge on any atom is 0.329 e. The predicted molar refractivity (Wildman–Crippen MR) is 137 cm³/mol. The summed E-state index contributed by atoms with van der Waals surface area (Å²) in [4.78, 5) is 24.3. The zero-order valence-electron chi connectivity index (χ0n) is 19.2. The van der Waals surface area contributed by atoms with Crippen molar-refractivity contribution in [2.45, 2.75) is 13.5 Å². The predicted octanol–water partition coefficient (Wildman–Crippen LogP) is 4.91. The van der Waals surface area contributed by atoms with Crippen LogP contribution in [0.2, 0.25) is 0 Å². The Labute approximate surface area is 203 Å². The molecular formula is C28H25N3O4. The minimum absolute atomic E-state index is 0.412. The number of carbonyl (C=O) groups excluding carboxylic acids is 2. The van der Waals surface area contributed by atoms with E-state index >= 15 is 0 Å². The number of hydrazone groups is 1. The molecule has 0 heterocycles. The van der Waals surface area contributed by atoms with Gasteiger partial charge in [-0.25, -0.2) is 5.43 Å². The Morgan fingerprint density at radius 3 is 2.51 bits per heavy atom. The van der Waals surface area contributed by atoms with Gasteiger partial charge in [-0.15, -0.1) is 0 Å². The van der Waals surface area contributed by atoms with Gasteiger partial charge >= 0.3 is 11.8 Å². The average Bonchev–Trinajstić information content (AvgIpc) is 2.89. The van der Waals surface area contributed by atoms with Crippen LogP contribution in [0.1, 0.15) is 18.1 Å². The molecule has 176 valence electrons. The maximum absolute atomic E-state index is 12.2. The lowest BCUT2D eigenvalue weighted by Gasteiger charge is -2.10. The number of ether oxygens (including phenoxy) is 2. The molecule has 0 aromatic heterocycles. The zero-order chi connectivity index (χ0) is 24.5. The highest BCUT2D eigenvalue weighted by atomic mass is 16.5. The fourth-order valence-electron chi connectivity index (χ4n) is 3.51. The van der Waals surface area contributed by atoms with Gasteiger partial charge in [-0.3, -0.25) is 9.59 Å². The van der Waals surface area contributed by atoms with Crippen LogP contribution in [0, 0.1) is 0 Å². The number of para-hydroxylation sites is 2. The Morgan fingerprint density at radius 1 is 0.857 bits per heavy atom. The monoisotopic (exact) mass is 467 g/mol. The lowest BCUT2D eigenvalue weighted by atomic mass is 10.1. The van der Waals surface area contributed by atoms with Crippen molar-refractivity contribution < 1.29 is 19.1 Å². The van der Waals surface area contributed by atoms with Crippen LogP contribution in [0.3, 0.4) is 0 Å². The lowest BCUT2D eigenvalue weighted by Crippen LogP contribution is -2.32. The molecule has 7 nitrogen and oxygen atoms in total. The third-order valence-electron chi connectivity index (χ3n) is 5.15. The SMILES string of the molecule is CCOc1ccccc1NC(=O)C(=O)N/N=C/c1cccc(OCc2cccc3ccccc23)c1. The normalized spacial score (nSPS) is 10.8. The molecule has 2 amide bonds. The minimum atomic E-state index is -0.893. The largest absolute Gasteiger partial charge is 0.492 e. The van der Waals surface area contributed by atoms with Crippen LogP contribution in [0.4, 0.5) is 5.69 Å². The fourth-order valence-corrected chi connectivity index (χ4v) is 3.51. The van der Waals surface area contributed by atoms with Gasteiger partial charge in [-0.1, -0.05) is 66.7 Å². The number of nitrogens with one attached hydrogen (secondary N) is 2. The van der Waals surface area contributed by atoms with Crippen LogP contribution in [0.25, 0.3) is 10.8 Å². The van der Waals surface area contributed by atoms with Crippen LogP contribution in [0.15, 0.2) is 96.1 Å². The first-order valence-electron chi connectivity index (χ1n) is 11.2. The van der Waals surface area contributed by atoms with Crippen LogP contribution in [-0.2, 0) is 16.2 Å². The molecule has 7 heteroatoms. The Balaban J connectivity index is 1.33. The number of benzene rings is 4. The van der Waals surface area contributed by atoms with Crippen LogP contribution in [0.5, 0.6) is 11.5 Å². The number of carbonyl (C=O) groups is 2. The number of anilines is 1. The van der Waals surface area contributed by atoms with E-state index in [2.05, 4.69) is 34.0 Å². The molecule has 0 saturated heterocycles. The first-order valence-corrected chi connectivity index (χ1v) is 11.2. The zero-order valence-corrected chi connectivity index (χ0v) is 19.2. The number of hydrogen-bond acceptors (Lipinski definition) is 5. The molecule has 4 rings (SSSR count). The Morgan fingerprint density at radius 2 is 1.63 bits per heavy atom. The average molecular weight is 468 g/mol. The van der Waals surface area contributed by atoms with Crippen molar-refractivity contribution in [1.29, 1.82) is 0 Å². The standard InChI is InChI=1S/C28H25N3O4/c1-2-34-26-16-6-5-15-25(26)30-27(32)28(33)31-29-18-20-9-7-13-23(17-20)35-19-22-12-8-11-21-10-3-4-14-24(21)22/h3-18H,2,19H2,1H3,(H,30,32)(H,31,33)/b29-18+. The van der Waals surface area contributed by atoms with Crippen LogP contribution in [-0.4, -0.2) is 24.6 Å². The first-order chi connectivity index (χ1) is 17.1. The van der Waals surface area contributed by atoms with Gasteiger partial charge < -0.3 is 14.8 Å². The number of nitrogens with zero attached hydrogens (tertiary/aromatic N) is 1. The van der Waals surface area contributed by atoms with Gasteiger partial charge in [0.05, 0.1) is 18.5 Å². The van der Waals surface area contributed by atoms with E-state index in [0.29, 0.717) is 36.0 Å². The van der Waals surface area contributed by atoms with E-state index in [9.17, 15) is 9.59 Å². The van der Waals surface area contributed by atoms with E-state index in [-0.39, 0.29) is 0 Å². The van der Waals surface area contributed by atoms with E-state index < -0.39 is 11.8 Å². The molecule has 0 spiro atoms. The first kappa shape index (κ1) is 23.5. The molecule has 4 aromatic carbocycles. The molecule has 0 aliphatic carbocycles. The summed E-state index contributed by atoms with van der Waals surface area (Å²) in [7, 11) is 0. The summed E-state index contributed by atoms with van der Waals surface area (Å²) in [6, 6.07) is 28.5. The van der Waals surface area contributed by atoms with Crippen LogP contribution >= 0.6 is 0 Å². The summed E-state index contributed by atoms with van der Waals surface area (Å²) in [6.07, 6.45) is 1.45. The second kappa shape index (κ2) is 11.5. The van der Waals surface area contributed by atoms with Gasteiger partial charge in [0.15, 0.2) is 0 Å². The molecule has 35 heavy (non-hydrogen) atoms. The lowest BCUT2D eigenvalue weighted by molar-refractivity contribution is -0.136. The van der Waals surface area contributed by atoms with E-state index in [0.717, 1.165) is 16.3 Å². The topological polar surface area (TPSA) is 89.0 Å². The molecule has 0 bridgehead atoms. The highest BCUT2D eigenvalue weighted by Gasteiger charge is 2.15. The van der Waals surface area contributed by atoms with Gasteiger partial charge in [-0.2, -0.15) is 5.10 Å². The van der Waals surface area contributed by atoms with Crippen molar-refractivity contribution in [2.75, 3.05) is 11.9 Å². The van der Waals surface area contributed by atoms with E-state index in [1.807, 2.05) is 49.4 Å². The molecule has 4 aromatic rings. The van der Waals surface area contributed by atoms with Crippen LogP contribution < -0.4 is 20.2 Å². The Bertz CT molecular complexity index is 1360. The molecule has 0 aliphatic rings. The summed E-state index contributed by atoms with van der Waals surface area (Å²) in [5, 5.41) is 8.73. The third-order valence-corrected chi connectivity index (χ3v) is 5.15. The van der Waals surface area contributed by atoms with E-state index in [1.54, 1.807) is 30.3 Å². The summed E-state index contributed by atoms with van der Waals surface area (Å²) >= 11 is 0. The highest BCUT2D eigenvalue weighted by molar-refractivity contribution is 6.39. The number of rotatable bonds is 8. The van der Waals surface area contributed by atoms with Gasteiger partial charge in [0.2, 0.25) is 0 Å². The van der Waals surface area contributed by atoms with Gasteiger partial charge in [0.25, 0.3) is 0 Å². The number of fused-ring (bicyclic) bond motifs is 1. The summed E-state index contributed by atoms with van der Waals surface area (Å²) in [5.41, 5.74) is 4.45. The molecule has 0 radical (unpaired) electrons. The molecule has 0 aliphatic heterocycles. The minimum Gasteiger partial charge on any atom is -0.492 e. The number of amides is 2. The highest BCUT2D eigenvalue weighted by Crippen LogP contribution is 2.23. The van der Waals surface area contributed by atoms with Gasteiger partial charge in [-0.05, 0) is 53.1 Å². The molecule has 0 atom stereocenters. The number of hydrogen-bond donors (Lipinski definition) is 2. The second-order valence-corrected chi connectivity index (χ2v) is 7.58. The quantitative estimate of drug-likeness (QED) is 0.219. The molecule has 2 N–H and O–H groups in total. The smallest absolute Gasteiger partial charge is 0.329 e. The van der Waals surface area contributed by atoms with Crippen molar-refractivity contribution in [3.63, 3.8) is 0 Å². The van der Waals surface area contributed by atoms with Gasteiger partial charge in [0, 0.05) is 0 Å². The van der Waals surface area contributed by atoms with E-state index in [1.165, 1.54) is 6.21 Å².